The molecule has 1 aromatic rings. The Morgan fingerprint density at radius 3 is 2.52 bits per heavy atom. The number of carbonyl (C=O) groups is 2. The topological polar surface area (TPSA) is 56.3 Å². The predicted octanol–water partition coefficient (Wildman–Crippen LogP) is 3.33. The summed E-state index contributed by atoms with van der Waals surface area (Å²) in [7, 11) is 0. The average Bonchev–Trinajstić information content (AvgIpc) is 2.38. The maximum absolute atomic E-state index is 13.2. The maximum Gasteiger partial charge on any atom is 0.317 e. The quantitative estimate of drug-likeness (QED) is 0.453. The second-order valence-corrected chi connectivity index (χ2v) is 5.14. The van der Waals surface area contributed by atoms with E-state index in [0.29, 0.717) is 12.5 Å². The number of halogens is 4. The highest BCUT2D eigenvalue weighted by Gasteiger charge is 2.42. The van der Waals surface area contributed by atoms with E-state index in [9.17, 15) is 18.4 Å². The van der Waals surface area contributed by atoms with E-state index in [2.05, 4.69) is 9.72 Å². The molecule has 1 atom stereocenters. The molecule has 0 saturated heterocycles. The molecule has 0 bridgehead atoms. The number of ether oxygens (including phenoxy) is 1. The van der Waals surface area contributed by atoms with Gasteiger partial charge in [0, 0.05) is 13.1 Å². The van der Waals surface area contributed by atoms with E-state index in [4.69, 9.17) is 23.2 Å². The Bertz CT molecular complexity index is 547. The molecule has 0 spiro atoms. The Morgan fingerprint density at radius 2 is 2.05 bits per heavy atom. The summed E-state index contributed by atoms with van der Waals surface area (Å²) in [5, 5.41) is 0.146. The minimum atomic E-state index is -3.64. The summed E-state index contributed by atoms with van der Waals surface area (Å²) >= 11 is 11.4. The van der Waals surface area contributed by atoms with Crippen molar-refractivity contribution in [1.82, 2.24) is 4.98 Å². The lowest BCUT2D eigenvalue weighted by Gasteiger charge is -2.18. The molecule has 1 unspecified atom stereocenters. The van der Waals surface area contributed by atoms with Gasteiger partial charge in [0.25, 0.3) is 0 Å². The van der Waals surface area contributed by atoms with Gasteiger partial charge in [-0.1, -0.05) is 23.2 Å². The van der Waals surface area contributed by atoms with Gasteiger partial charge in [-0.2, -0.15) is 8.78 Å². The van der Waals surface area contributed by atoms with Crippen molar-refractivity contribution in [1.29, 1.82) is 0 Å². The van der Waals surface area contributed by atoms with Gasteiger partial charge in [-0.05, 0) is 25.0 Å². The smallest absolute Gasteiger partial charge is 0.317 e. The summed E-state index contributed by atoms with van der Waals surface area (Å²) in [5.74, 6) is -7.77. The normalized spacial score (nSPS) is 12.9. The Hall–Kier alpha value is -1.27. The molecule has 8 heteroatoms. The number of ketones is 1. The Balaban J connectivity index is 3.04. The van der Waals surface area contributed by atoms with E-state index < -0.39 is 23.6 Å². The van der Waals surface area contributed by atoms with E-state index in [1.54, 1.807) is 0 Å². The number of hydrogen-bond donors (Lipinski definition) is 0. The van der Waals surface area contributed by atoms with Crippen LogP contribution in [0, 0.1) is 5.92 Å². The van der Waals surface area contributed by atoms with Crippen LogP contribution in [0.3, 0.4) is 0 Å². The third-order valence-electron chi connectivity index (χ3n) is 2.61. The van der Waals surface area contributed by atoms with E-state index in [0.717, 1.165) is 0 Å². The Kier molecular flexibility index (Phi) is 6.04. The fourth-order valence-corrected chi connectivity index (χ4v) is 1.93. The number of alkyl halides is 2. The van der Waals surface area contributed by atoms with Gasteiger partial charge in [-0.15, -0.1) is 0 Å². The monoisotopic (exact) mass is 339 g/mol. The van der Waals surface area contributed by atoms with Gasteiger partial charge in [0.1, 0.15) is 11.1 Å². The number of Topliss-reactive ketones (excluding diaryl/α,β-unsaturated/α-hetero) is 1. The summed E-state index contributed by atoms with van der Waals surface area (Å²) in [4.78, 5) is 27.2. The van der Waals surface area contributed by atoms with Gasteiger partial charge >= 0.3 is 11.9 Å². The highest BCUT2D eigenvalue weighted by Crippen LogP contribution is 2.25. The zero-order chi connectivity index (χ0) is 16.2. The van der Waals surface area contributed by atoms with Crippen molar-refractivity contribution < 1.29 is 23.1 Å². The first-order valence-electron chi connectivity index (χ1n) is 6.05. The first-order valence-corrected chi connectivity index (χ1v) is 6.81. The fourth-order valence-electron chi connectivity index (χ4n) is 1.64. The molecule has 116 valence electrons. The van der Waals surface area contributed by atoms with Crippen LogP contribution in [0.4, 0.5) is 8.78 Å². The molecule has 0 saturated carbocycles. The number of aromatic nitrogens is 1. The molecule has 0 N–H and O–H groups in total. The molecular weight excluding hydrogens is 327 g/mol. The van der Waals surface area contributed by atoms with Crippen LogP contribution in [0.25, 0.3) is 0 Å². The number of hydrogen-bond acceptors (Lipinski definition) is 4. The van der Waals surface area contributed by atoms with Crippen molar-refractivity contribution in [2.24, 2.45) is 5.92 Å². The average molecular weight is 340 g/mol. The third-order valence-corrected chi connectivity index (χ3v) is 3.30. The maximum atomic E-state index is 13.2. The Labute approximate surface area is 130 Å². The first-order chi connectivity index (χ1) is 9.66. The Morgan fingerprint density at radius 1 is 1.43 bits per heavy atom. The molecule has 1 heterocycles. The lowest BCUT2D eigenvalue weighted by molar-refractivity contribution is -0.159. The van der Waals surface area contributed by atoms with Crippen LogP contribution in [0.5, 0.6) is 0 Å². The zero-order valence-corrected chi connectivity index (χ0v) is 12.8. The number of rotatable bonds is 6. The fraction of sp³-hybridized carbons (Fsp3) is 0.462. The molecule has 21 heavy (non-hydrogen) atoms. The first kappa shape index (κ1) is 17.8. The second kappa shape index (κ2) is 7.13. The van der Waals surface area contributed by atoms with E-state index >= 15 is 0 Å². The van der Waals surface area contributed by atoms with Crippen LogP contribution in [0.2, 0.25) is 10.2 Å². The summed E-state index contributed by atoms with van der Waals surface area (Å²) in [6.07, 6.45) is 0.979. The van der Waals surface area contributed by atoms with Gasteiger partial charge < -0.3 is 4.74 Å². The lowest BCUT2D eigenvalue weighted by Crippen LogP contribution is -2.38. The second-order valence-electron chi connectivity index (χ2n) is 4.38. The number of carbonyl (C=O) groups excluding carboxylic acids is 2. The minimum absolute atomic E-state index is 0.0163. The molecule has 0 aliphatic rings. The molecule has 0 fully saturated rings. The summed E-state index contributed by atoms with van der Waals surface area (Å²) < 4.78 is 31.1. The molecule has 0 aliphatic carbocycles. The van der Waals surface area contributed by atoms with Gasteiger partial charge in [-0.25, -0.2) is 4.98 Å². The van der Waals surface area contributed by atoms with Gasteiger partial charge in [-0.3, -0.25) is 9.59 Å². The molecule has 1 rings (SSSR count). The summed E-state index contributed by atoms with van der Waals surface area (Å²) in [5.41, 5.74) is 0.333. The van der Waals surface area contributed by atoms with Crippen molar-refractivity contribution in [2.75, 3.05) is 6.61 Å². The van der Waals surface area contributed by atoms with Crippen molar-refractivity contribution in [2.45, 2.75) is 26.2 Å². The van der Waals surface area contributed by atoms with Crippen LogP contribution in [-0.2, 0) is 20.7 Å². The highest BCUT2D eigenvalue weighted by molar-refractivity contribution is 6.41. The van der Waals surface area contributed by atoms with Crippen molar-refractivity contribution in [3.63, 3.8) is 0 Å². The van der Waals surface area contributed by atoms with E-state index in [1.165, 1.54) is 19.2 Å². The van der Waals surface area contributed by atoms with Crippen molar-refractivity contribution in [3.05, 3.63) is 28.0 Å². The highest BCUT2D eigenvalue weighted by atomic mass is 35.5. The summed E-state index contributed by atoms with van der Waals surface area (Å²) in [6, 6.07) is 1.37. The molecule has 1 aromatic heterocycles. The molecule has 4 nitrogen and oxygen atoms in total. The number of nitrogens with zero attached hydrogens (tertiary/aromatic N) is 1. The van der Waals surface area contributed by atoms with Crippen LogP contribution in [-0.4, -0.2) is 29.3 Å². The lowest BCUT2D eigenvalue weighted by atomic mass is 9.93. The molecule has 0 radical (unpaired) electrons. The van der Waals surface area contributed by atoms with Crippen LogP contribution < -0.4 is 0 Å². The number of esters is 1. The molecular formula is C13H13Cl2F2NO3. The van der Waals surface area contributed by atoms with Gasteiger partial charge in [0.05, 0.1) is 11.6 Å². The van der Waals surface area contributed by atoms with Crippen molar-refractivity contribution in [3.8, 4) is 0 Å². The minimum Gasteiger partial charge on any atom is -0.465 e. The molecule has 0 amide bonds. The van der Waals surface area contributed by atoms with Crippen LogP contribution in [0.15, 0.2) is 12.3 Å². The van der Waals surface area contributed by atoms with Gasteiger partial charge in [0.2, 0.25) is 5.78 Å². The zero-order valence-electron chi connectivity index (χ0n) is 11.3. The summed E-state index contributed by atoms with van der Waals surface area (Å²) in [6.45, 7) is 1.94. The number of pyridine rings is 1. The SMILES string of the molecule is CCOC(=O)C(Cc1cnc(Cl)c(Cl)c1)C(=O)C(C)(F)F. The van der Waals surface area contributed by atoms with Crippen molar-refractivity contribution >= 4 is 35.0 Å². The van der Waals surface area contributed by atoms with Crippen LogP contribution in [0.1, 0.15) is 19.4 Å². The largest absolute Gasteiger partial charge is 0.465 e. The predicted molar refractivity (Wildman–Crippen MR) is 73.7 cm³/mol. The third kappa shape index (κ3) is 4.89. The standard InChI is InChI=1S/C13H13Cl2F2NO3/c1-3-21-12(20)8(10(19)13(2,16)17)4-7-5-9(14)11(15)18-6-7/h5-6,8H,3-4H2,1-2H3. The molecule has 0 aliphatic heterocycles. The van der Waals surface area contributed by atoms with E-state index in [-0.39, 0.29) is 23.2 Å². The van der Waals surface area contributed by atoms with Gasteiger partial charge in [0.15, 0.2) is 0 Å². The van der Waals surface area contributed by atoms with Crippen LogP contribution >= 0.6 is 23.2 Å². The van der Waals surface area contributed by atoms with E-state index in [1.807, 2.05) is 0 Å². The molecule has 0 aromatic carbocycles.